The van der Waals surface area contributed by atoms with Crippen LogP contribution >= 0.6 is 0 Å². The number of carbonyl (C=O) groups excluding carboxylic acids is 2. The molecule has 1 unspecified atom stereocenters. The molecule has 1 aromatic carbocycles. The number of anilines is 2. The van der Waals surface area contributed by atoms with Crippen molar-refractivity contribution >= 4 is 34.3 Å². The zero-order chi connectivity index (χ0) is 25.7. The van der Waals surface area contributed by atoms with Gasteiger partial charge in [-0.25, -0.2) is 9.78 Å². The first kappa shape index (κ1) is 25.7. The quantitative estimate of drug-likeness (QED) is 0.407. The van der Waals surface area contributed by atoms with Gasteiger partial charge in [0.25, 0.3) is 5.91 Å². The molecular formula is C28H36N4O4. The normalized spacial score (nSPS) is 15.7. The predicted octanol–water partition coefficient (Wildman–Crippen LogP) is 5.03. The van der Waals surface area contributed by atoms with Crippen molar-refractivity contribution in [2.24, 2.45) is 5.41 Å². The van der Waals surface area contributed by atoms with Gasteiger partial charge in [0.15, 0.2) is 5.69 Å². The van der Waals surface area contributed by atoms with E-state index in [9.17, 15) is 9.59 Å². The Kier molecular flexibility index (Phi) is 7.94. The SMILES string of the molecule is COC(=O)c1c(NC(=O)C2CCCO2)c2cc(NCC(C)(C)C)cnc2n1CCCc1ccccc1. The third-order valence-corrected chi connectivity index (χ3v) is 6.26. The molecule has 0 spiro atoms. The molecule has 1 aliphatic rings. The Bertz CT molecular complexity index is 1210. The van der Waals surface area contributed by atoms with Gasteiger partial charge in [-0.2, -0.15) is 0 Å². The lowest BCUT2D eigenvalue weighted by Crippen LogP contribution is -2.28. The first-order valence-corrected chi connectivity index (χ1v) is 12.6. The molecule has 3 heterocycles. The van der Waals surface area contributed by atoms with E-state index in [0.717, 1.165) is 31.5 Å². The van der Waals surface area contributed by atoms with Crippen LogP contribution in [0.15, 0.2) is 42.6 Å². The average Bonchev–Trinajstić information content (AvgIpc) is 3.50. The van der Waals surface area contributed by atoms with Gasteiger partial charge < -0.3 is 24.7 Å². The first-order valence-electron chi connectivity index (χ1n) is 12.6. The summed E-state index contributed by atoms with van der Waals surface area (Å²) in [6, 6.07) is 12.2. The van der Waals surface area contributed by atoms with Crippen molar-refractivity contribution in [3.05, 3.63) is 53.9 Å². The van der Waals surface area contributed by atoms with Gasteiger partial charge in [0.1, 0.15) is 11.8 Å². The molecule has 1 saturated heterocycles. The largest absolute Gasteiger partial charge is 0.464 e. The lowest BCUT2D eigenvalue weighted by atomic mass is 9.97. The van der Waals surface area contributed by atoms with E-state index in [-0.39, 0.29) is 11.3 Å². The molecule has 0 radical (unpaired) electrons. The highest BCUT2D eigenvalue weighted by atomic mass is 16.5. The molecule has 1 amide bonds. The molecule has 0 saturated carbocycles. The Labute approximate surface area is 212 Å². The fourth-order valence-corrected chi connectivity index (χ4v) is 4.42. The summed E-state index contributed by atoms with van der Waals surface area (Å²) in [4.78, 5) is 30.8. The van der Waals surface area contributed by atoms with E-state index in [1.807, 2.05) is 28.8 Å². The maximum absolute atomic E-state index is 13.0. The molecule has 8 nitrogen and oxygen atoms in total. The van der Waals surface area contributed by atoms with Crippen LogP contribution in [0, 0.1) is 5.41 Å². The molecule has 1 atom stereocenters. The third-order valence-electron chi connectivity index (χ3n) is 6.26. The predicted molar refractivity (Wildman–Crippen MR) is 141 cm³/mol. The number of nitrogens with one attached hydrogen (secondary N) is 2. The van der Waals surface area contributed by atoms with Crippen molar-refractivity contribution in [1.82, 2.24) is 9.55 Å². The van der Waals surface area contributed by atoms with Crippen LogP contribution in [0.25, 0.3) is 11.0 Å². The van der Waals surface area contributed by atoms with Crippen LogP contribution in [0.2, 0.25) is 0 Å². The number of benzene rings is 1. The summed E-state index contributed by atoms with van der Waals surface area (Å²) in [6.07, 6.45) is 4.39. The molecule has 3 aromatic rings. The lowest BCUT2D eigenvalue weighted by Gasteiger charge is -2.19. The highest BCUT2D eigenvalue weighted by molar-refractivity contribution is 6.12. The van der Waals surface area contributed by atoms with E-state index >= 15 is 0 Å². The number of hydrogen-bond acceptors (Lipinski definition) is 6. The molecule has 2 aromatic heterocycles. The molecule has 4 rings (SSSR count). The minimum Gasteiger partial charge on any atom is -0.464 e. The number of hydrogen-bond donors (Lipinski definition) is 2. The molecule has 1 aliphatic heterocycles. The second-order valence-electron chi connectivity index (χ2n) is 10.5. The van der Waals surface area contributed by atoms with Crippen LogP contribution in [0.5, 0.6) is 0 Å². The highest BCUT2D eigenvalue weighted by Crippen LogP contribution is 2.34. The smallest absolute Gasteiger partial charge is 0.356 e. The van der Waals surface area contributed by atoms with Crippen molar-refractivity contribution in [3.8, 4) is 0 Å². The van der Waals surface area contributed by atoms with Gasteiger partial charge in [0.05, 0.1) is 24.7 Å². The number of nitrogens with zero attached hydrogens (tertiary/aromatic N) is 2. The van der Waals surface area contributed by atoms with Crippen LogP contribution in [-0.4, -0.2) is 47.8 Å². The van der Waals surface area contributed by atoms with E-state index in [2.05, 4.69) is 43.5 Å². The van der Waals surface area contributed by atoms with Crippen LogP contribution in [-0.2, 0) is 27.2 Å². The molecule has 0 bridgehead atoms. The summed E-state index contributed by atoms with van der Waals surface area (Å²) >= 11 is 0. The van der Waals surface area contributed by atoms with Gasteiger partial charge in [-0.15, -0.1) is 0 Å². The Morgan fingerprint density at radius 2 is 2.00 bits per heavy atom. The lowest BCUT2D eigenvalue weighted by molar-refractivity contribution is -0.124. The van der Waals surface area contributed by atoms with E-state index in [1.165, 1.54) is 12.7 Å². The summed E-state index contributed by atoms with van der Waals surface area (Å²) in [6.45, 7) is 8.31. The monoisotopic (exact) mass is 492 g/mol. The number of ether oxygens (including phenoxy) is 2. The topological polar surface area (TPSA) is 94.5 Å². The van der Waals surface area contributed by atoms with Crippen LogP contribution in [0.3, 0.4) is 0 Å². The summed E-state index contributed by atoms with van der Waals surface area (Å²) in [5, 5.41) is 7.10. The van der Waals surface area contributed by atoms with Crippen molar-refractivity contribution in [2.45, 2.75) is 59.1 Å². The number of pyridine rings is 1. The van der Waals surface area contributed by atoms with E-state index < -0.39 is 12.1 Å². The van der Waals surface area contributed by atoms with Crippen molar-refractivity contribution in [3.63, 3.8) is 0 Å². The van der Waals surface area contributed by atoms with Crippen molar-refractivity contribution in [2.75, 3.05) is 30.9 Å². The zero-order valence-electron chi connectivity index (χ0n) is 21.6. The fourth-order valence-electron chi connectivity index (χ4n) is 4.42. The Hall–Kier alpha value is -3.39. The third kappa shape index (κ3) is 6.05. The number of aryl methyl sites for hydroxylation is 2. The standard InChI is InChI=1S/C28H36N4O4/c1-28(2,3)18-30-20-16-21-23(31-26(33)22-13-9-15-36-22)24(27(34)35-4)32(25(21)29-17-20)14-8-12-19-10-6-5-7-11-19/h5-7,10-11,16-17,22,30H,8-9,12-15,18H2,1-4H3,(H,31,33). The van der Waals surface area contributed by atoms with Crippen molar-refractivity contribution < 1.29 is 19.1 Å². The highest BCUT2D eigenvalue weighted by Gasteiger charge is 2.30. The molecular weight excluding hydrogens is 456 g/mol. The zero-order valence-corrected chi connectivity index (χ0v) is 21.6. The Morgan fingerprint density at radius 1 is 1.22 bits per heavy atom. The summed E-state index contributed by atoms with van der Waals surface area (Å²) in [7, 11) is 1.35. The van der Waals surface area contributed by atoms with Crippen LogP contribution in [0.1, 0.15) is 56.1 Å². The number of methoxy groups -OCH3 is 1. The molecule has 8 heteroatoms. The average molecular weight is 493 g/mol. The van der Waals surface area contributed by atoms with E-state index in [0.29, 0.717) is 42.0 Å². The second-order valence-corrected chi connectivity index (χ2v) is 10.5. The first-order chi connectivity index (χ1) is 17.3. The number of rotatable bonds is 9. The number of amides is 1. The number of fused-ring (bicyclic) bond motifs is 1. The minimum atomic E-state index is -0.526. The molecule has 0 aliphatic carbocycles. The Balaban J connectivity index is 1.73. The van der Waals surface area contributed by atoms with Gasteiger partial charge in [-0.3, -0.25) is 4.79 Å². The summed E-state index contributed by atoms with van der Waals surface area (Å²) in [5.41, 5.74) is 3.47. The molecule has 2 N–H and O–H groups in total. The summed E-state index contributed by atoms with van der Waals surface area (Å²) in [5.74, 6) is -0.770. The van der Waals surface area contributed by atoms with Gasteiger partial charge in [-0.1, -0.05) is 51.1 Å². The van der Waals surface area contributed by atoms with Gasteiger partial charge in [-0.05, 0) is 42.7 Å². The molecule has 1 fully saturated rings. The molecule has 36 heavy (non-hydrogen) atoms. The minimum absolute atomic E-state index is 0.0758. The summed E-state index contributed by atoms with van der Waals surface area (Å²) < 4.78 is 12.6. The second kappa shape index (κ2) is 11.1. The maximum atomic E-state index is 13.0. The van der Waals surface area contributed by atoms with Gasteiger partial charge >= 0.3 is 5.97 Å². The molecule has 192 valence electrons. The van der Waals surface area contributed by atoms with Crippen LogP contribution < -0.4 is 10.6 Å². The van der Waals surface area contributed by atoms with Crippen molar-refractivity contribution in [1.29, 1.82) is 0 Å². The Morgan fingerprint density at radius 3 is 2.67 bits per heavy atom. The van der Waals surface area contributed by atoms with Gasteiger partial charge in [0, 0.05) is 25.1 Å². The maximum Gasteiger partial charge on any atom is 0.356 e. The number of esters is 1. The van der Waals surface area contributed by atoms with E-state index in [4.69, 9.17) is 14.5 Å². The number of aromatic nitrogens is 2. The van der Waals surface area contributed by atoms with E-state index in [1.54, 1.807) is 6.20 Å². The fraction of sp³-hybridized carbons (Fsp3) is 0.464. The van der Waals surface area contributed by atoms with Gasteiger partial charge in [0.2, 0.25) is 0 Å². The van der Waals surface area contributed by atoms with Crippen LogP contribution in [0.4, 0.5) is 11.4 Å². The number of carbonyl (C=O) groups is 2.